The number of carbonyl (C=O) groups excluding carboxylic acids is 6. The van der Waals surface area contributed by atoms with E-state index in [-0.39, 0.29) is 56.5 Å². The van der Waals surface area contributed by atoms with Crippen molar-refractivity contribution >= 4 is 41.3 Å². The smallest absolute Gasteiger partial charge is 0.432 e. The third kappa shape index (κ3) is 16.7. The van der Waals surface area contributed by atoms with Crippen molar-refractivity contribution in [3.63, 3.8) is 0 Å². The standard InChI is InChI=1S/C29H31N3O8.C7H16O2.C6H14O2/c1-3-23(33)20-8-5-7-18-22(16-39-29(38)40-32-26(36)13-14-27(32)37)21-15-17(11-12-19(21)28(18)20)31-25(35)10-6-9-24(34)30-4-2;1-2-6-9-7-4-3-5-8;1-3-8-6-4-5-7-2/h5,7-8,11-12,15,22H,3-4,6,9-10,13-14,16H2,1-2H3,(H,30,34)(H,31,35);8H,2-7H2,1H3;3-6H2,1-2H3. The molecule has 1 unspecified atom stereocenters. The summed E-state index contributed by atoms with van der Waals surface area (Å²) in [7, 11) is 1.70. The average molecular weight is 800 g/mol. The van der Waals surface area contributed by atoms with Crippen LogP contribution in [0, 0.1) is 0 Å². The van der Waals surface area contributed by atoms with Gasteiger partial charge in [0.15, 0.2) is 5.78 Å². The molecule has 2 aromatic rings. The summed E-state index contributed by atoms with van der Waals surface area (Å²) in [5, 5.41) is 14.3. The molecule has 0 saturated carbocycles. The Morgan fingerprint density at radius 3 is 2.19 bits per heavy atom. The summed E-state index contributed by atoms with van der Waals surface area (Å²) >= 11 is 0. The highest BCUT2D eigenvalue weighted by Gasteiger charge is 2.36. The lowest BCUT2D eigenvalue weighted by molar-refractivity contribution is -0.177. The van der Waals surface area contributed by atoms with Crippen LogP contribution < -0.4 is 10.6 Å². The molecule has 1 fully saturated rings. The molecule has 0 aromatic heterocycles. The molecule has 15 heteroatoms. The molecule has 57 heavy (non-hydrogen) atoms. The lowest BCUT2D eigenvalue weighted by Crippen LogP contribution is -2.32. The number of unbranched alkanes of at least 4 members (excludes halogenated alkanes) is 1. The van der Waals surface area contributed by atoms with Gasteiger partial charge >= 0.3 is 6.16 Å². The predicted molar refractivity (Wildman–Crippen MR) is 213 cm³/mol. The molecule has 0 radical (unpaired) electrons. The number of Topliss-reactive ketones (excluding diaryl/α,β-unsaturated/α-hetero) is 1. The Kier molecular flexibility index (Phi) is 23.6. The highest BCUT2D eigenvalue weighted by Crippen LogP contribution is 2.47. The highest BCUT2D eigenvalue weighted by molar-refractivity contribution is 6.05. The maximum Gasteiger partial charge on any atom is 0.533 e. The van der Waals surface area contributed by atoms with E-state index in [9.17, 15) is 28.8 Å². The van der Waals surface area contributed by atoms with E-state index in [4.69, 9.17) is 28.9 Å². The number of rotatable bonds is 22. The van der Waals surface area contributed by atoms with E-state index in [0.717, 1.165) is 81.0 Å². The number of nitrogens with zero attached hydrogens (tertiary/aromatic N) is 1. The number of aliphatic hydroxyl groups is 1. The molecule has 2 aromatic carbocycles. The van der Waals surface area contributed by atoms with Crippen LogP contribution in [0.4, 0.5) is 10.5 Å². The van der Waals surface area contributed by atoms with Gasteiger partial charge in [-0.25, -0.2) is 4.79 Å². The second-order valence-electron chi connectivity index (χ2n) is 13.1. The second-order valence-corrected chi connectivity index (χ2v) is 13.1. The van der Waals surface area contributed by atoms with E-state index in [0.29, 0.717) is 35.7 Å². The Hall–Kier alpha value is -4.70. The summed E-state index contributed by atoms with van der Waals surface area (Å²) in [6, 6.07) is 10.7. The molecule has 2 aliphatic rings. The molecule has 1 saturated heterocycles. The third-order valence-electron chi connectivity index (χ3n) is 8.68. The van der Waals surface area contributed by atoms with E-state index >= 15 is 0 Å². The number of aliphatic hydroxyl groups excluding tert-OH is 1. The summed E-state index contributed by atoms with van der Waals surface area (Å²) in [4.78, 5) is 77.7. The van der Waals surface area contributed by atoms with Gasteiger partial charge in [0.25, 0.3) is 11.8 Å². The van der Waals surface area contributed by atoms with Crippen molar-refractivity contribution in [1.82, 2.24) is 10.4 Å². The Morgan fingerprint density at radius 1 is 0.825 bits per heavy atom. The lowest BCUT2D eigenvalue weighted by atomic mass is 9.94. The average Bonchev–Trinajstić information content (AvgIpc) is 3.69. The minimum absolute atomic E-state index is 0.0375. The van der Waals surface area contributed by atoms with Crippen LogP contribution in [0.2, 0.25) is 0 Å². The fourth-order valence-corrected chi connectivity index (χ4v) is 5.93. The van der Waals surface area contributed by atoms with Gasteiger partial charge in [0.2, 0.25) is 11.8 Å². The maximum absolute atomic E-state index is 12.8. The first-order valence-corrected chi connectivity index (χ1v) is 19.9. The number of nitrogens with one attached hydrogen (secondary N) is 2. The Balaban J connectivity index is 0.000000549. The van der Waals surface area contributed by atoms with Crippen molar-refractivity contribution in [2.24, 2.45) is 0 Å². The molecule has 4 amide bonds. The van der Waals surface area contributed by atoms with Gasteiger partial charge < -0.3 is 34.7 Å². The van der Waals surface area contributed by atoms with E-state index < -0.39 is 23.9 Å². The number of fused-ring (bicyclic) bond motifs is 3. The molecule has 0 bridgehead atoms. The number of carbonyl (C=O) groups is 6. The topological polar surface area (TPSA) is 196 Å². The van der Waals surface area contributed by atoms with Gasteiger partial charge in [-0.1, -0.05) is 43.2 Å². The maximum atomic E-state index is 12.8. The van der Waals surface area contributed by atoms with Crippen LogP contribution in [-0.2, 0) is 43.0 Å². The molecule has 0 spiro atoms. The van der Waals surface area contributed by atoms with Gasteiger partial charge in [0.05, 0.1) is 0 Å². The minimum atomic E-state index is -1.20. The Labute approximate surface area is 336 Å². The zero-order valence-corrected chi connectivity index (χ0v) is 34.2. The zero-order valence-electron chi connectivity index (χ0n) is 34.2. The van der Waals surface area contributed by atoms with E-state index in [1.54, 1.807) is 38.3 Å². The lowest BCUT2D eigenvalue weighted by Gasteiger charge is -2.17. The van der Waals surface area contributed by atoms with Gasteiger partial charge in [-0.2, -0.15) is 0 Å². The minimum Gasteiger partial charge on any atom is -0.432 e. The van der Waals surface area contributed by atoms with Gasteiger partial charge in [-0.15, -0.1) is 0 Å². The molecular formula is C42H61N3O12. The van der Waals surface area contributed by atoms with Gasteiger partial charge in [-0.05, 0) is 80.3 Å². The summed E-state index contributed by atoms with van der Waals surface area (Å²) in [5.74, 6) is -2.14. The van der Waals surface area contributed by atoms with Crippen molar-refractivity contribution < 1.29 is 57.7 Å². The largest absolute Gasteiger partial charge is 0.533 e. The number of ether oxygens (including phenoxy) is 4. The monoisotopic (exact) mass is 799 g/mol. The number of imide groups is 1. The molecule has 1 aliphatic carbocycles. The summed E-state index contributed by atoms with van der Waals surface area (Å²) in [6.45, 7) is 12.4. The number of ketones is 1. The number of hydroxylamine groups is 2. The molecular weight excluding hydrogens is 738 g/mol. The van der Waals surface area contributed by atoms with Crippen LogP contribution in [0.25, 0.3) is 11.1 Å². The van der Waals surface area contributed by atoms with Crippen LogP contribution in [0.1, 0.15) is 119 Å². The van der Waals surface area contributed by atoms with Crippen LogP contribution in [0.3, 0.4) is 0 Å². The van der Waals surface area contributed by atoms with Gasteiger partial charge in [-0.3, -0.25) is 28.8 Å². The summed E-state index contributed by atoms with van der Waals surface area (Å²) in [6.07, 6.45) is 3.78. The molecule has 3 N–H and O–H groups in total. The second kappa shape index (κ2) is 27.8. The number of benzene rings is 2. The molecule has 15 nitrogen and oxygen atoms in total. The van der Waals surface area contributed by atoms with E-state index in [1.807, 2.05) is 26.0 Å². The van der Waals surface area contributed by atoms with Crippen molar-refractivity contribution in [2.75, 3.05) is 65.2 Å². The van der Waals surface area contributed by atoms with Gasteiger partial charge in [0, 0.05) is 103 Å². The van der Waals surface area contributed by atoms with Crippen molar-refractivity contribution in [2.45, 2.75) is 97.8 Å². The Morgan fingerprint density at radius 2 is 1.54 bits per heavy atom. The highest BCUT2D eigenvalue weighted by atomic mass is 16.8. The van der Waals surface area contributed by atoms with Crippen LogP contribution >= 0.6 is 0 Å². The zero-order chi connectivity index (χ0) is 42.0. The number of amides is 4. The first-order valence-electron chi connectivity index (χ1n) is 19.9. The quantitative estimate of drug-likeness (QED) is 0.0537. The Bertz CT molecular complexity index is 1570. The fraction of sp³-hybridized carbons (Fsp3) is 0.571. The first-order chi connectivity index (χ1) is 27.6. The van der Waals surface area contributed by atoms with Crippen LogP contribution in [0.15, 0.2) is 36.4 Å². The number of methoxy groups -OCH3 is 1. The first kappa shape index (κ1) is 48.4. The number of hydrogen-bond acceptors (Lipinski definition) is 12. The SMILES string of the molecule is CCCOCCCCO.CCNC(=O)CCCC(=O)Nc1ccc2c(c1)C(COC(=O)ON1C(=O)CCC1=O)c1cccc(C(=O)CC)c1-2.CCOCCCOC. The van der Waals surface area contributed by atoms with E-state index in [2.05, 4.69) is 17.6 Å². The van der Waals surface area contributed by atoms with Crippen LogP contribution in [0.5, 0.6) is 0 Å². The van der Waals surface area contributed by atoms with Gasteiger partial charge in [0.1, 0.15) is 6.61 Å². The molecule has 1 heterocycles. The van der Waals surface area contributed by atoms with Crippen molar-refractivity contribution in [3.8, 4) is 11.1 Å². The van der Waals surface area contributed by atoms with Crippen molar-refractivity contribution in [1.29, 1.82) is 0 Å². The molecule has 4 rings (SSSR count). The predicted octanol–water partition coefficient (Wildman–Crippen LogP) is 6.10. The fourth-order valence-electron chi connectivity index (χ4n) is 5.93. The van der Waals surface area contributed by atoms with Crippen LogP contribution in [-0.4, -0.2) is 106 Å². The van der Waals surface area contributed by atoms with E-state index in [1.165, 1.54) is 0 Å². The number of hydrogen-bond donors (Lipinski definition) is 3. The molecule has 316 valence electrons. The van der Waals surface area contributed by atoms with Crippen molar-refractivity contribution in [3.05, 3.63) is 53.1 Å². The number of anilines is 1. The third-order valence-corrected chi connectivity index (χ3v) is 8.68. The summed E-state index contributed by atoms with van der Waals surface area (Å²) in [5.41, 5.74) is 4.05. The normalized spacial score (nSPS) is 13.7. The molecule has 1 aliphatic heterocycles. The molecule has 1 atom stereocenters. The summed E-state index contributed by atoms with van der Waals surface area (Å²) < 4.78 is 20.4.